The Labute approximate surface area is 151 Å². The Hall–Kier alpha value is -2.05. The number of rotatable bonds is 4. The number of carbonyl (C=O) groups is 2. The number of amides is 2. The summed E-state index contributed by atoms with van der Waals surface area (Å²) in [6, 6.07) is 5.48. The van der Waals surface area contributed by atoms with Crippen LogP contribution >= 0.6 is 11.6 Å². The minimum Gasteiger partial charge on any atom is -0.358 e. The largest absolute Gasteiger partial charge is 0.358 e. The number of carbonyl (C=O) groups excluding carboxylic acids is 2. The molecule has 7 heteroatoms. The summed E-state index contributed by atoms with van der Waals surface area (Å²) >= 11 is 6.10. The lowest BCUT2D eigenvalue weighted by Gasteiger charge is -2.32. The number of fused-ring (bicyclic) bond motifs is 1. The van der Waals surface area contributed by atoms with Gasteiger partial charge in [-0.3, -0.25) is 9.59 Å². The zero-order valence-corrected chi connectivity index (χ0v) is 15.0. The average Bonchev–Trinajstić information content (AvgIpc) is 2.94. The molecule has 1 atom stereocenters. The molecule has 4 N–H and O–H groups in total. The van der Waals surface area contributed by atoms with Crippen molar-refractivity contribution in [2.45, 2.75) is 19.8 Å². The van der Waals surface area contributed by atoms with Crippen molar-refractivity contribution in [2.75, 3.05) is 26.2 Å². The first kappa shape index (κ1) is 17.8. The molecule has 1 unspecified atom stereocenters. The van der Waals surface area contributed by atoms with Crippen LogP contribution in [0.2, 0.25) is 5.02 Å². The fourth-order valence-corrected chi connectivity index (χ4v) is 3.62. The Balaban J connectivity index is 1.82. The SMILES string of the molecule is Cc1[nH]c2ccc(Cl)cc2c1C(=O)N1CCCC(C(=O)NCCN)C1. The number of H-pyrrole nitrogens is 1. The van der Waals surface area contributed by atoms with Gasteiger partial charge in [-0.25, -0.2) is 0 Å². The van der Waals surface area contributed by atoms with Crippen LogP contribution in [0.25, 0.3) is 10.9 Å². The first-order chi connectivity index (χ1) is 12.0. The van der Waals surface area contributed by atoms with Gasteiger partial charge in [-0.1, -0.05) is 11.6 Å². The van der Waals surface area contributed by atoms with Gasteiger partial charge in [0, 0.05) is 47.8 Å². The number of hydrogen-bond donors (Lipinski definition) is 3. The maximum Gasteiger partial charge on any atom is 0.256 e. The van der Waals surface area contributed by atoms with Crippen molar-refractivity contribution in [1.29, 1.82) is 0 Å². The van der Waals surface area contributed by atoms with Crippen molar-refractivity contribution >= 4 is 34.3 Å². The van der Waals surface area contributed by atoms with Gasteiger partial charge in [0.05, 0.1) is 11.5 Å². The van der Waals surface area contributed by atoms with Gasteiger partial charge in [-0.2, -0.15) is 0 Å². The van der Waals surface area contributed by atoms with Gasteiger partial charge in [-0.05, 0) is 38.0 Å². The van der Waals surface area contributed by atoms with Crippen LogP contribution in [-0.2, 0) is 4.79 Å². The predicted octanol–water partition coefficient (Wildman–Crippen LogP) is 2.06. The van der Waals surface area contributed by atoms with Crippen LogP contribution in [0.4, 0.5) is 0 Å². The molecule has 134 valence electrons. The molecule has 6 nitrogen and oxygen atoms in total. The highest BCUT2D eigenvalue weighted by molar-refractivity contribution is 6.31. The van der Waals surface area contributed by atoms with Gasteiger partial charge in [0.2, 0.25) is 5.91 Å². The predicted molar refractivity (Wildman–Crippen MR) is 98.7 cm³/mol. The molecule has 1 aromatic heterocycles. The molecular weight excluding hydrogens is 340 g/mol. The van der Waals surface area contributed by atoms with Crippen molar-refractivity contribution in [3.63, 3.8) is 0 Å². The third-order valence-corrected chi connectivity index (χ3v) is 4.92. The number of nitrogens with two attached hydrogens (primary N) is 1. The zero-order chi connectivity index (χ0) is 18.0. The van der Waals surface area contributed by atoms with E-state index in [4.69, 9.17) is 17.3 Å². The van der Waals surface area contributed by atoms with Crippen molar-refractivity contribution in [2.24, 2.45) is 11.7 Å². The molecule has 1 aliphatic rings. The molecule has 1 saturated heterocycles. The minimum atomic E-state index is -0.182. The van der Waals surface area contributed by atoms with E-state index in [1.54, 1.807) is 11.0 Å². The van der Waals surface area contributed by atoms with Gasteiger partial charge >= 0.3 is 0 Å². The molecular formula is C18H23ClN4O2. The number of halogens is 1. The number of piperidine rings is 1. The molecule has 2 amide bonds. The summed E-state index contributed by atoms with van der Waals surface area (Å²) in [5, 5.41) is 4.24. The molecule has 0 saturated carbocycles. The summed E-state index contributed by atoms with van der Waals surface area (Å²) < 4.78 is 0. The molecule has 2 aromatic rings. The lowest BCUT2D eigenvalue weighted by Crippen LogP contribution is -2.46. The van der Waals surface area contributed by atoms with Crippen LogP contribution in [0.15, 0.2) is 18.2 Å². The zero-order valence-electron chi connectivity index (χ0n) is 14.3. The van der Waals surface area contributed by atoms with E-state index >= 15 is 0 Å². The molecule has 0 bridgehead atoms. The number of nitrogens with one attached hydrogen (secondary N) is 2. The highest BCUT2D eigenvalue weighted by atomic mass is 35.5. The van der Waals surface area contributed by atoms with Crippen LogP contribution in [0.3, 0.4) is 0 Å². The van der Waals surface area contributed by atoms with E-state index in [9.17, 15) is 9.59 Å². The molecule has 1 fully saturated rings. The van der Waals surface area contributed by atoms with Gasteiger partial charge in [0.1, 0.15) is 0 Å². The number of aryl methyl sites for hydroxylation is 1. The normalized spacial score (nSPS) is 17.7. The molecule has 0 aliphatic carbocycles. The lowest BCUT2D eigenvalue weighted by atomic mass is 9.96. The summed E-state index contributed by atoms with van der Waals surface area (Å²) in [6.45, 7) is 3.85. The van der Waals surface area contributed by atoms with E-state index < -0.39 is 0 Å². The third-order valence-electron chi connectivity index (χ3n) is 4.68. The minimum absolute atomic E-state index is 0.0263. The molecule has 0 spiro atoms. The van der Waals surface area contributed by atoms with E-state index in [0.29, 0.717) is 36.8 Å². The number of aromatic amines is 1. The fraction of sp³-hybridized carbons (Fsp3) is 0.444. The van der Waals surface area contributed by atoms with Crippen LogP contribution in [0, 0.1) is 12.8 Å². The van der Waals surface area contributed by atoms with Gasteiger partial charge in [0.15, 0.2) is 0 Å². The quantitative estimate of drug-likeness (QED) is 0.777. The van der Waals surface area contributed by atoms with Crippen LogP contribution in [0.5, 0.6) is 0 Å². The first-order valence-electron chi connectivity index (χ1n) is 8.56. The van der Waals surface area contributed by atoms with E-state index in [2.05, 4.69) is 10.3 Å². The number of likely N-dealkylation sites (tertiary alicyclic amines) is 1. The van der Waals surface area contributed by atoms with Crippen molar-refractivity contribution < 1.29 is 9.59 Å². The summed E-state index contributed by atoms with van der Waals surface area (Å²) in [4.78, 5) is 30.3. The van der Waals surface area contributed by atoms with Gasteiger partial charge < -0.3 is 20.9 Å². The second-order valence-corrected chi connectivity index (χ2v) is 6.92. The smallest absolute Gasteiger partial charge is 0.256 e. The fourth-order valence-electron chi connectivity index (χ4n) is 3.45. The maximum absolute atomic E-state index is 13.1. The van der Waals surface area contributed by atoms with Crippen molar-refractivity contribution in [3.05, 3.63) is 34.5 Å². The van der Waals surface area contributed by atoms with Crippen LogP contribution < -0.4 is 11.1 Å². The molecule has 1 aliphatic heterocycles. The lowest BCUT2D eigenvalue weighted by molar-refractivity contribution is -0.126. The second kappa shape index (κ2) is 7.45. The number of aromatic nitrogens is 1. The van der Waals surface area contributed by atoms with E-state index in [1.165, 1.54) is 0 Å². The topological polar surface area (TPSA) is 91.2 Å². The van der Waals surface area contributed by atoms with Crippen molar-refractivity contribution in [1.82, 2.24) is 15.2 Å². The third kappa shape index (κ3) is 3.65. The monoisotopic (exact) mass is 362 g/mol. The Morgan fingerprint density at radius 3 is 3.00 bits per heavy atom. The molecule has 2 heterocycles. The Morgan fingerprint density at radius 2 is 2.24 bits per heavy atom. The highest BCUT2D eigenvalue weighted by Gasteiger charge is 2.30. The summed E-state index contributed by atoms with van der Waals surface area (Å²) in [5.74, 6) is -0.262. The molecule has 3 rings (SSSR count). The Morgan fingerprint density at radius 1 is 1.44 bits per heavy atom. The molecule has 25 heavy (non-hydrogen) atoms. The number of hydrogen-bond acceptors (Lipinski definition) is 3. The van der Waals surface area contributed by atoms with Gasteiger partial charge in [0.25, 0.3) is 5.91 Å². The van der Waals surface area contributed by atoms with E-state index in [1.807, 2.05) is 19.1 Å². The number of nitrogens with zero attached hydrogens (tertiary/aromatic N) is 1. The summed E-state index contributed by atoms with van der Waals surface area (Å²) in [5.41, 5.74) is 7.78. The van der Waals surface area contributed by atoms with E-state index in [0.717, 1.165) is 29.4 Å². The van der Waals surface area contributed by atoms with Gasteiger partial charge in [-0.15, -0.1) is 0 Å². The maximum atomic E-state index is 13.1. The summed E-state index contributed by atoms with van der Waals surface area (Å²) in [7, 11) is 0. The summed E-state index contributed by atoms with van der Waals surface area (Å²) in [6.07, 6.45) is 1.60. The second-order valence-electron chi connectivity index (χ2n) is 6.48. The highest BCUT2D eigenvalue weighted by Crippen LogP contribution is 2.28. The molecule has 1 aromatic carbocycles. The van der Waals surface area contributed by atoms with Crippen LogP contribution in [-0.4, -0.2) is 47.9 Å². The standard InChI is InChI=1S/C18H23ClN4O2/c1-11-16(14-9-13(19)4-5-15(14)22-11)18(25)23-8-2-3-12(10-23)17(24)21-7-6-20/h4-5,9,12,22H,2-3,6-8,10,20H2,1H3,(H,21,24). The number of benzene rings is 1. The van der Waals surface area contributed by atoms with Crippen LogP contribution in [0.1, 0.15) is 28.9 Å². The average molecular weight is 363 g/mol. The van der Waals surface area contributed by atoms with E-state index in [-0.39, 0.29) is 17.7 Å². The van der Waals surface area contributed by atoms with Crippen molar-refractivity contribution in [3.8, 4) is 0 Å². The Bertz CT molecular complexity index is 802. The first-order valence-corrected chi connectivity index (χ1v) is 8.94. The molecule has 0 radical (unpaired) electrons. The Kier molecular flexibility index (Phi) is 5.30.